The van der Waals surface area contributed by atoms with Gasteiger partial charge in [0.25, 0.3) is 0 Å². The molecule has 1 heterocycles. The van der Waals surface area contributed by atoms with Gasteiger partial charge in [-0.15, -0.1) is 0 Å². The molecule has 7 heteroatoms. The summed E-state index contributed by atoms with van der Waals surface area (Å²) in [5.74, 6) is -0.0224. The number of hydrogen-bond donors (Lipinski definition) is 2. The monoisotopic (exact) mass is 396 g/mol. The highest BCUT2D eigenvalue weighted by molar-refractivity contribution is 9.10. The first-order valence-electron chi connectivity index (χ1n) is 7.87. The van der Waals surface area contributed by atoms with Crippen LogP contribution in [-0.4, -0.2) is 27.7 Å². The van der Waals surface area contributed by atoms with E-state index in [1.54, 1.807) is 17.9 Å². The van der Waals surface area contributed by atoms with Crippen molar-refractivity contribution >= 4 is 21.9 Å². The molecule has 0 radical (unpaired) electrons. The van der Waals surface area contributed by atoms with Crippen LogP contribution >= 0.6 is 15.9 Å². The van der Waals surface area contributed by atoms with Gasteiger partial charge in [0.15, 0.2) is 0 Å². The molecule has 0 unspecified atom stereocenters. The molecule has 0 atom stereocenters. The normalized spacial score (nSPS) is 10.8. The summed E-state index contributed by atoms with van der Waals surface area (Å²) in [4.78, 5) is 25.2. The van der Waals surface area contributed by atoms with Gasteiger partial charge in [0.2, 0.25) is 0 Å². The van der Waals surface area contributed by atoms with Crippen LogP contribution in [-0.2, 0) is 11.3 Å². The van der Waals surface area contributed by atoms with E-state index in [1.807, 2.05) is 18.2 Å². The Balaban J connectivity index is 2.02. The highest BCUT2D eigenvalue weighted by atomic mass is 79.9. The first-order chi connectivity index (χ1) is 11.5. The van der Waals surface area contributed by atoms with Crippen LogP contribution in [0, 0.1) is 0 Å². The van der Waals surface area contributed by atoms with Crippen molar-refractivity contribution in [2.45, 2.75) is 38.6 Å². The number of carboxylic acid groups (broad SMARTS) is 1. The van der Waals surface area contributed by atoms with E-state index in [4.69, 9.17) is 9.84 Å². The lowest BCUT2D eigenvalue weighted by atomic mass is 10.1. The Labute approximate surface area is 148 Å². The number of nitrogens with zero attached hydrogens (tertiary/aromatic N) is 1. The Bertz CT molecular complexity index is 751. The average molecular weight is 397 g/mol. The number of benzene rings is 1. The fourth-order valence-corrected chi connectivity index (χ4v) is 3.12. The summed E-state index contributed by atoms with van der Waals surface area (Å²) < 4.78 is 7.77. The standard InChI is InChI=1S/C17H21BrN2O4/c1-24-15-8-7-12(10-13(15)18)14-11-19-17(23)20(14)9-5-3-2-4-6-16(21)22/h7-8,10-11H,2-6,9H2,1H3,(H,19,23)(H,21,22). The molecule has 1 aromatic carbocycles. The van der Waals surface area contributed by atoms with Crippen molar-refractivity contribution in [3.05, 3.63) is 39.4 Å². The quantitative estimate of drug-likeness (QED) is 0.633. The first-order valence-corrected chi connectivity index (χ1v) is 8.66. The van der Waals surface area contributed by atoms with Crippen molar-refractivity contribution in [1.29, 1.82) is 0 Å². The van der Waals surface area contributed by atoms with E-state index in [0.29, 0.717) is 13.0 Å². The van der Waals surface area contributed by atoms with Crippen molar-refractivity contribution in [3.63, 3.8) is 0 Å². The van der Waals surface area contributed by atoms with Gasteiger partial charge in [-0.25, -0.2) is 4.79 Å². The second-order valence-corrected chi connectivity index (χ2v) is 6.39. The van der Waals surface area contributed by atoms with Crippen molar-refractivity contribution in [2.75, 3.05) is 7.11 Å². The molecule has 6 nitrogen and oxygen atoms in total. The topological polar surface area (TPSA) is 84.3 Å². The van der Waals surface area contributed by atoms with Crippen molar-refractivity contribution in [1.82, 2.24) is 9.55 Å². The lowest BCUT2D eigenvalue weighted by Crippen LogP contribution is -2.17. The zero-order valence-corrected chi connectivity index (χ0v) is 15.1. The van der Waals surface area contributed by atoms with Crippen LogP contribution in [0.2, 0.25) is 0 Å². The Morgan fingerprint density at radius 1 is 1.29 bits per heavy atom. The van der Waals surface area contributed by atoms with Gasteiger partial charge in [-0.3, -0.25) is 9.36 Å². The molecule has 0 saturated carbocycles. The molecule has 0 fully saturated rings. The number of carboxylic acids is 1. The zero-order chi connectivity index (χ0) is 17.5. The van der Waals surface area contributed by atoms with Gasteiger partial charge in [-0.05, 0) is 47.0 Å². The highest BCUT2D eigenvalue weighted by Gasteiger charge is 2.10. The number of methoxy groups -OCH3 is 1. The smallest absolute Gasteiger partial charge is 0.325 e. The second kappa shape index (κ2) is 8.73. The molecule has 0 spiro atoms. The summed E-state index contributed by atoms with van der Waals surface area (Å²) in [6.07, 6.45) is 5.18. The Morgan fingerprint density at radius 2 is 2.04 bits per heavy atom. The molecule has 2 N–H and O–H groups in total. The number of halogens is 1. The third kappa shape index (κ3) is 4.74. The lowest BCUT2D eigenvalue weighted by molar-refractivity contribution is -0.137. The minimum absolute atomic E-state index is 0.137. The van der Waals surface area contributed by atoms with Crippen molar-refractivity contribution in [3.8, 4) is 17.0 Å². The predicted octanol–water partition coefficient (Wildman–Crippen LogP) is 3.65. The second-order valence-electron chi connectivity index (χ2n) is 5.54. The molecule has 2 rings (SSSR count). The summed E-state index contributed by atoms with van der Waals surface area (Å²) in [7, 11) is 1.61. The number of nitrogens with one attached hydrogen (secondary N) is 1. The Hall–Kier alpha value is -2.02. The molecular formula is C17H21BrN2O4. The molecule has 0 bridgehead atoms. The number of ether oxygens (including phenoxy) is 1. The number of unbranched alkanes of at least 4 members (excludes halogenated alkanes) is 3. The van der Waals surface area contributed by atoms with E-state index in [0.717, 1.165) is 40.7 Å². The maximum absolute atomic E-state index is 12.0. The number of hydrogen-bond acceptors (Lipinski definition) is 3. The molecule has 0 aliphatic heterocycles. The van der Waals surface area contributed by atoms with Crippen LogP contribution in [0.4, 0.5) is 0 Å². The van der Waals surface area contributed by atoms with E-state index in [2.05, 4.69) is 20.9 Å². The van der Waals surface area contributed by atoms with Crippen LogP contribution in [0.5, 0.6) is 5.75 Å². The van der Waals surface area contributed by atoms with E-state index in [9.17, 15) is 9.59 Å². The van der Waals surface area contributed by atoms with Crippen LogP contribution in [0.1, 0.15) is 32.1 Å². The van der Waals surface area contributed by atoms with Gasteiger partial charge in [-0.2, -0.15) is 0 Å². The molecule has 1 aromatic heterocycles. The number of imidazole rings is 1. The van der Waals surface area contributed by atoms with Crippen LogP contribution < -0.4 is 10.4 Å². The van der Waals surface area contributed by atoms with Gasteiger partial charge >= 0.3 is 11.7 Å². The SMILES string of the molecule is COc1ccc(-c2c[nH]c(=O)n2CCCCCCC(=O)O)cc1Br. The van der Waals surface area contributed by atoms with Crippen LogP contribution in [0.3, 0.4) is 0 Å². The maximum atomic E-state index is 12.0. The molecular weight excluding hydrogens is 376 g/mol. The number of rotatable bonds is 9. The zero-order valence-electron chi connectivity index (χ0n) is 13.5. The van der Waals surface area contributed by atoms with Gasteiger partial charge < -0.3 is 14.8 Å². The van der Waals surface area contributed by atoms with Crippen molar-refractivity contribution < 1.29 is 14.6 Å². The fraction of sp³-hybridized carbons (Fsp3) is 0.412. The van der Waals surface area contributed by atoms with Crippen LogP contribution in [0.15, 0.2) is 33.7 Å². The largest absolute Gasteiger partial charge is 0.496 e. The van der Waals surface area contributed by atoms with Gasteiger partial charge in [-0.1, -0.05) is 12.8 Å². The summed E-state index contributed by atoms with van der Waals surface area (Å²) >= 11 is 3.46. The summed E-state index contributed by atoms with van der Waals surface area (Å²) in [6.45, 7) is 0.606. The minimum atomic E-state index is -0.760. The summed E-state index contributed by atoms with van der Waals surface area (Å²) in [5, 5.41) is 8.62. The number of H-pyrrole nitrogens is 1. The molecule has 0 aliphatic carbocycles. The number of carbonyl (C=O) groups is 1. The minimum Gasteiger partial charge on any atom is -0.496 e. The van der Waals surface area contributed by atoms with E-state index in [-0.39, 0.29) is 12.1 Å². The number of aliphatic carboxylic acids is 1. The van der Waals surface area contributed by atoms with E-state index < -0.39 is 5.97 Å². The van der Waals surface area contributed by atoms with E-state index in [1.165, 1.54) is 0 Å². The van der Waals surface area contributed by atoms with E-state index >= 15 is 0 Å². The molecule has 2 aromatic rings. The molecule has 24 heavy (non-hydrogen) atoms. The molecule has 0 amide bonds. The molecule has 130 valence electrons. The summed E-state index contributed by atoms with van der Waals surface area (Å²) in [5.41, 5.74) is 1.61. The van der Waals surface area contributed by atoms with Crippen molar-refractivity contribution in [2.24, 2.45) is 0 Å². The molecule has 0 saturated heterocycles. The summed E-state index contributed by atoms with van der Waals surface area (Å²) in [6, 6.07) is 5.69. The Morgan fingerprint density at radius 3 is 2.71 bits per heavy atom. The highest BCUT2D eigenvalue weighted by Crippen LogP contribution is 2.30. The van der Waals surface area contributed by atoms with Gasteiger partial charge in [0.05, 0.1) is 17.3 Å². The third-order valence-electron chi connectivity index (χ3n) is 3.84. The fourth-order valence-electron chi connectivity index (χ4n) is 2.58. The Kier molecular flexibility index (Phi) is 6.66. The maximum Gasteiger partial charge on any atom is 0.325 e. The van der Waals surface area contributed by atoms with Crippen LogP contribution in [0.25, 0.3) is 11.3 Å². The predicted molar refractivity (Wildman–Crippen MR) is 95.5 cm³/mol. The van der Waals surface area contributed by atoms with Gasteiger partial charge in [0, 0.05) is 24.7 Å². The van der Waals surface area contributed by atoms with Gasteiger partial charge in [0.1, 0.15) is 5.75 Å². The number of aromatic nitrogens is 2. The third-order valence-corrected chi connectivity index (χ3v) is 4.46. The average Bonchev–Trinajstić information content (AvgIpc) is 2.91. The first kappa shape index (κ1) is 18.3. The number of aromatic amines is 1. The molecule has 0 aliphatic rings. The lowest BCUT2D eigenvalue weighted by Gasteiger charge is -2.09.